The molecule has 30 heavy (non-hydrogen) atoms. The number of ether oxygens (including phenoxy) is 2. The molecule has 1 N–H and O–H groups in total. The van der Waals surface area contributed by atoms with Gasteiger partial charge in [-0.05, 0) is 29.6 Å². The molecule has 0 spiro atoms. The van der Waals surface area contributed by atoms with Crippen molar-refractivity contribution < 1.29 is 32.3 Å². The van der Waals surface area contributed by atoms with Crippen LogP contribution in [0.15, 0.2) is 40.6 Å². The second-order valence-electron chi connectivity index (χ2n) is 6.26. The molecule has 162 valence electrons. The lowest BCUT2D eigenvalue weighted by Gasteiger charge is -2.15. The smallest absolute Gasteiger partial charge is 0.306 e. The number of carbonyl (C=O) groups excluding carboxylic acids is 3. The molecule has 1 amide bonds. The Kier molecular flexibility index (Phi) is 8.09. The van der Waals surface area contributed by atoms with Crippen molar-refractivity contribution in [2.75, 3.05) is 33.1 Å². The molecule has 0 aliphatic heterocycles. The van der Waals surface area contributed by atoms with Crippen LogP contribution in [-0.4, -0.2) is 58.2 Å². The molecular formula is C19H22N2O7S2. The average molecular weight is 455 g/mol. The largest absolute Gasteiger partial charge is 0.495 e. The lowest BCUT2D eigenvalue weighted by molar-refractivity contribution is -0.147. The monoisotopic (exact) mass is 454 g/mol. The molecule has 0 radical (unpaired) electrons. The van der Waals surface area contributed by atoms with Crippen molar-refractivity contribution in [3.05, 3.63) is 40.6 Å². The Morgan fingerprint density at radius 3 is 2.47 bits per heavy atom. The SMILES string of the molecule is COc1ccc(S(=O)(=O)N(C)C)cc1NC(=O)COC(=O)CCC(=O)c1cccs1. The van der Waals surface area contributed by atoms with Crippen LogP contribution in [-0.2, 0) is 24.3 Å². The number of carbonyl (C=O) groups is 3. The summed E-state index contributed by atoms with van der Waals surface area (Å²) < 4.78 is 35.6. The Hall–Kier alpha value is -2.76. The molecule has 1 aromatic heterocycles. The number of ketones is 1. The van der Waals surface area contributed by atoms with Crippen LogP contribution in [0.2, 0.25) is 0 Å². The molecular weight excluding hydrogens is 432 g/mol. The van der Waals surface area contributed by atoms with Crippen molar-refractivity contribution in [3.63, 3.8) is 0 Å². The Bertz CT molecular complexity index is 1020. The quantitative estimate of drug-likeness (QED) is 0.431. The van der Waals surface area contributed by atoms with Crippen molar-refractivity contribution in [1.29, 1.82) is 0 Å². The number of anilines is 1. The number of hydrogen-bond donors (Lipinski definition) is 1. The summed E-state index contributed by atoms with van der Waals surface area (Å²) in [6.45, 7) is -0.583. The van der Waals surface area contributed by atoms with Gasteiger partial charge in [0.05, 0.1) is 29.0 Å². The summed E-state index contributed by atoms with van der Waals surface area (Å²) in [5, 5.41) is 4.23. The van der Waals surface area contributed by atoms with Crippen LogP contribution in [0.3, 0.4) is 0 Å². The van der Waals surface area contributed by atoms with Crippen molar-refractivity contribution in [1.82, 2.24) is 4.31 Å². The summed E-state index contributed by atoms with van der Waals surface area (Å²) >= 11 is 1.29. The lowest BCUT2D eigenvalue weighted by Crippen LogP contribution is -2.23. The molecule has 1 aromatic carbocycles. The van der Waals surface area contributed by atoms with E-state index in [0.29, 0.717) is 4.88 Å². The van der Waals surface area contributed by atoms with Gasteiger partial charge >= 0.3 is 5.97 Å². The number of esters is 1. The first kappa shape index (κ1) is 23.5. The molecule has 0 fully saturated rings. The first-order valence-corrected chi connectivity index (χ1v) is 11.1. The second kappa shape index (κ2) is 10.3. The number of thiophene rings is 1. The minimum absolute atomic E-state index is 0.0147. The number of benzene rings is 1. The minimum Gasteiger partial charge on any atom is -0.495 e. The van der Waals surface area contributed by atoms with E-state index in [4.69, 9.17) is 9.47 Å². The van der Waals surface area contributed by atoms with Crippen LogP contribution in [0.25, 0.3) is 0 Å². The van der Waals surface area contributed by atoms with Gasteiger partial charge in [-0.2, -0.15) is 0 Å². The van der Waals surface area contributed by atoms with Gasteiger partial charge in [0.15, 0.2) is 12.4 Å². The van der Waals surface area contributed by atoms with Gasteiger partial charge in [-0.15, -0.1) is 11.3 Å². The molecule has 11 heteroatoms. The number of hydrogen-bond acceptors (Lipinski definition) is 8. The predicted molar refractivity (Wildman–Crippen MR) is 111 cm³/mol. The first-order valence-electron chi connectivity index (χ1n) is 8.78. The number of nitrogens with one attached hydrogen (secondary N) is 1. The summed E-state index contributed by atoms with van der Waals surface area (Å²) in [6.07, 6.45) is -0.164. The Morgan fingerprint density at radius 2 is 1.87 bits per heavy atom. The Balaban J connectivity index is 1.93. The van der Waals surface area contributed by atoms with Crippen LogP contribution in [0.4, 0.5) is 5.69 Å². The van der Waals surface area contributed by atoms with E-state index in [1.165, 1.54) is 50.7 Å². The fourth-order valence-electron chi connectivity index (χ4n) is 2.34. The lowest BCUT2D eigenvalue weighted by atomic mass is 10.2. The molecule has 0 saturated carbocycles. The van der Waals surface area contributed by atoms with Gasteiger partial charge in [-0.3, -0.25) is 14.4 Å². The highest BCUT2D eigenvalue weighted by Gasteiger charge is 2.20. The highest BCUT2D eigenvalue weighted by Crippen LogP contribution is 2.28. The van der Waals surface area contributed by atoms with Gasteiger partial charge in [-0.25, -0.2) is 12.7 Å². The fourth-order valence-corrected chi connectivity index (χ4v) is 3.96. The van der Waals surface area contributed by atoms with Crippen molar-refractivity contribution >= 4 is 44.7 Å². The van der Waals surface area contributed by atoms with Crippen LogP contribution in [0, 0.1) is 0 Å². The Labute approximate surface area is 178 Å². The predicted octanol–water partition coefficient (Wildman–Crippen LogP) is 2.15. The van der Waals surface area contributed by atoms with E-state index in [1.54, 1.807) is 17.5 Å². The number of amides is 1. The third kappa shape index (κ3) is 6.12. The standard InChI is InChI=1S/C19H22N2O7S2/c1-21(2)30(25,26)13-6-8-16(27-3)14(11-13)20-18(23)12-28-19(24)9-7-15(22)17-5-4-10-29-17/h4-6,8,10-11H,7,9,12H2,1-3H3,(H,20,23). The highest BCUT2D eigenvalue weighted by molar-refractivity contribution is 7.89. The molecule has 9 nitrogen and oxygen atoms in total. The van der Waals surface area contributed by atoms with E-state index in [-0.39, 0.29) is 35.0 Å². The molecule has 2 rings (SSSR count). The topological polar surface area (TPSA) is 119 Å². The zero-order valence-electron chi connectivity index (χ0n) is 16.7. The fraction of sp³-hybridized carbons (Fsp3) is 0.316. The van der Waals surface area contributed by atoms with E-state index in [0.717, 1.165) is 4.31 Å². The number of rotatable bonds is 10. The van der Waals surface area contributed by atoms with Gasteiger partial charge in [0.1, 0.15) is 5.75 Å². The van der Waals surface area contributed by atoms with Gasteiger partial charge in [-0.1, -0.05) is 6.07 Å². The van der Waals surface area contributed by atoms with Crippen molar-refractivity contribution in [2.24, 2.45) is 0 Å². The molecule has 0 saturated heterocycles. The van der Waals surface area contributed by atoms with Crippen LogP contribution in [0.5, 0.6) is 5.75 Å². The Morgan fingerprint density at radius 1 is 1.13 bits per heavy atom. The van der Waals surface area contributed by atoms with E-state index in [1.807, 2.05) is 0 Å². The first-order chi connectivity index (χ1) is 14.1. The van der Waals surface area contributed by atoms with Crippen LogP contribution < -0.4 is 10.1 Å². The zero-order chi connectivity index (χ0) is 22.3. The maximum absolute atomic E-state index is 12.3. The van der Waals surface area contributed by atoms with E-state index >= 15 is 0 Å². The second-order valence-corrected chi connectivity index (χ2v) is 9.36. The summed E-state index contributed by atoms with van der Waals surface area (Å²) in [5.41, 5.74) is 0.120. The maximum Gasteiger partial charge on any atom is 0.306 e. The maximum atomic E-state index is 12.3. The third-order valence-electron chi connectivity index (χ3n) is 3.94. The van der Waals surface area contributed by atoms with E-state index in [2.05, 4.69) is 5.32 Å². The molecule has 2 aromatic rings. The molecule has 1 heterocycles. The molecule has 0 bridgehead atoms. The molecule has 0 aliphatic carbocycles. The molecule has 0 atom stereocenters. The van der Waals surface area contributed by atoms with Gasteiger partial charge in [0, 0.05) is 20.5 Å². The molecule has 0 aliphatic rings. The van der Waals surface area contributed by atoms with Crippen molar-refractivity contribution in [3.8, 4) is 5.75 Å². The summed E-state index contributed by atoms with van der Waals surface area (Å²) in [4.78, 5) is 36.3. The average Bonchev–Trinajstić information content (AvgIpc) is 3.25. The van der Waals surface area contributed by atoms with Crippen LogP contribution in [0.1, 0.15) is 22.5 Å². The third-order valence-corrected chi connectivity index (χ3v) is 6.66. The number of nitrogens with zero attached hydrogens (tertiary/aromatic N) is 1. The number of sulfonamides is 1. The highest BCUT2D eigenvalue weighted by atomic mass is 32.2. The number of Topliss-reactive ketones (excluding diaryl/α,β-unsaturated/α-hetero) is 1. The van der Waals surface area contributed by atoms with Crippen molar-refractivity contribution in [2.45, 2.75) is 17.7 Å². The van der Waals surface area contributed by atoms with Gasteiger partial charge in [0.2, 0.25) is 10.0 Å². The summed E-state index contributed by atoms with van der Waals surface area (Å²) in [5.74, 6) is -1.29. The van der Waals surface area contributed by atoms with Gasteiger partial charge in [0.25, 0.3) is 5.91 Å². The summed E-state index contributed by atoms with van der Waals surface area (Å²) in [6, 6.07) is 7.44. The van der Waals surface area contributed by atoms with E-state index in [9.17, 15) is 22.8 Å². The minimum atomic E-state index is -3.71. The van der Waals surface area contributed by atoms with Gasteiger partial charge < -0.3 is 14.8 Å². The summed E-state index contributed by atoms with van der Waals surface area (Å²) in [7, 11) is 0.439. The van der Waals surface area contributed by atoms with Crippen LogP contribution >= 0.6 is 11.3 Å². The normalized spacial score (nSPS) is 11.2. The number of methoxy groups -OCH3 is 1. The zero-order valence-corrected chi connectivity index (χ0v) is 18.3. The van der Waals surface area contributed by atoms with E-state index < -0.39 is 28.5 Å². The molecule has 0 unspecified atom stereocenters.